The van der Waals surface area contributed by atoms with Crippen molar-refractivity contribution in [3.8, 4) is 0 Å². The molecule has 0 spiro atoms. The number of likely N-dealkylation sites (tertiary alicyclic amines) is 1. The molecular weight excluding hydrogens is 227 g/mol. The SMILES string of the molecule is C=CN1CCCC1=O.NC(=O)C(Cl)Cl. The second-order valence-electron chi connectivity index (χ2n) is 2.58. The Balaban J connectivity index is 0.000000255. The van der Waals surface area contributed by atoms with Gasteiger partial charge in [-0.2, -0.15) is 0 Å². The normalized spacial score (nSPS) is 15.1. The molecule has 0 saturated carbocycles. The average Bonchev–Trinajstić information content (AvgIpc) is 2.51. The van der Waals surface area contributed by atoms with Gasteiger partial charge in [-0.05, 0) is 12.6 Å². The number of alkyl halides is 2. The van der Waals surface area contributed by atoms with Crippen LogP contribution in [0.25, 0.3) is 0 Å². The fourth-order valence-electron chi connectivity index (χ4n) is 0.862. The lowest BCUT2D eigenvalue weighted by molar-refractivity contribution is -0.125. The van der Waals surface area contributed by atoms with E-state index < -0.39 is 10.7 Å². The molecule has 0 aromatic carbocycles. The smallest absolute Gasteiger partial charge is 0.250 e. The number of hydrogen-bond donors (Lipinski definition) is 1. The van der Waals surface area contributed by atoms with E-state index in [1.807, 2.05) is 0 Å². The number of primary amides is 1. The lowest BCUT2D eigenvalue weighted by atomic mass is 10.4. The zero-order chi connectivity index (χ0) is 11.1. The molecule has 1 saturated heterocycles. The van der Waals surface area contributed by atoms with Crippen molar-refractivity contribution < 1.29 is 9.59 Å². The summed E-state index contributed by atoms with van der Waals surface area (Å²) in [7, 11) is 0. The second kappa shape index (κ2) is 6.68. The Kier molecular flexibility index (Phi) is 6.32. The van der Waals surface area contributed by atoms with Crippen LogP contribution in [0.3, 0.4) is 0 Å². The zero-order valence-electron chi connectivity index (χ0n) is 7.58. The molecule has 4 nitrogen and oxygen atoms in total. The maximum Gasteiger partial charge on any atom is 0.250 e. The number of amides is 2. The van der Waals surface area contributed by atoms with E-state index in [9.17, 15) is 9.59 Å². The van der Waals surface area contributed by atoms with Gasteiger partial charge in [-0.25, -0.2) is 0 Å². The van der Waals surface area contributed by atoms with Gasteiger partial charge >= 0.3 is 0 Å². The van der Waals surface area contributed by atoms with Gasteiger partial charge in [0.15, 0.2) is 4.84 Å². The minimum Gasteiger partial charge on any atom is -0.367 e. The highest BCUT2D eigenvalue weighted by Gasteiger charge is 2.15. The summed E-state index contributed by atoms with van der Waals surface area (Å²) in [5.74, 6) is -0.502. The number of rotatable bonds is 2. The van der Waals surface area contributed by atoms with E-state index >= 15 is 0 Å². The topological polar surface area (TPSA) is 63.4 Å². The van der Waals surface area contributed by atoms with E-state index in [4.69, 9.17) is 23.2 Å². The maximum absolute atomic E-state index is 10.7. The molecule has 80 valence electrons. The minimum atomic E-state index is -1.06. The van der Waals surface area contributed by atoms with E-state index in [1.54, 1.807) is 11.1 Å². The van der Waals surface area contributed by atoms with Gasteiger partial charge < -0.3 is 10.6 Å². The van der Waals surface area contributed by atoms with Gasteiger partial charge in [-0.3, -0.25) is 9.59 Å². The third kappa shape index (κ3) is 5.09. The van der Waals surface area contributed by atoms with Crippen LogP contribution < -0.4 is 5.73 Å². The molecular formula is C8H12Cl2N2O2. The number of carbonyl (C=O) groups is 2. The Bertz CT molecular complexity index is 231. The molecule has 2 amide bonds. The van der Waals surface area contributed by atoms with Crippen LogP contribution in [0, 0.1) is 0 Å². The maximum atomic E-state index is 10.7. The Morgan fingerprint density at radius 2 is 2.14 bits per heavy atom. The molecule has 1 rings (SSSR count). The number of halogens is 2. The van der Waals surface area contributed by atoms with E-state index in [-0.39, 0.29) is 5.91 Å². The quantitative estimate of drug-likeness (QED) is 0.731. The molecule has 0 aromatic heterocycles. The van der Waals surface area contributed by atoms with Crippen molar-refractivity contribution in [2.45, 2.75) is 17.7 Å². The standard InChI is InChI=1S/C6H9NO.C2H3Cl2NO/c1-2-7-5-3-4-6(7)8;3-1(4)2(5)6/h2H,1,3-5H2;1H,(H2,5,6). The summed E-state index contributed by atoms with van der Waals surface area (Å²) >= 11 is 9.81. The van der Waals surface area contributed by atoms with E-state index in [1.165, 1.54) is 0 Å². The van der Waals surface area contributed by atoms with Crippen LogP contribution in [0.15, 0.2) is 12.8 Å². The van der Waals surface area contributed by atoms with E-state index in [0.29, 0.717) is 6.42 Å². The third-order valence-electron chi connectivity index (χ3n) is 1.55. The van der Waals surface area contributed by atoms with Crippen LogP contribution in [0.4, 0.5) is 0 Å². The third-order valence-corrected chi connectivity index (χ3v) is 1.98. The first kappa shape index (κ1) is 13.3. The Labute approximate surface area is 92.6 Å². The van der Waals surface area contributed by atoms with Crippen LogP contribution in [-0.2, 0) is 9.59 Å². The molecule has 14 heavy (non-hydrogen) atoms. The van der Waals surface area contributed by atoms with Crippen molar-refractivity contribution in [2.24, 2.45) is 5.73 Å². The minimum absolute atomic E-state index is 0.208. The van der Waals surface area contributed by atoms with Crippen LogP contribution in [0.1, 0.15) is 12.8 Å². The first-order chi connectivity index (χ1) is 6.49. The van der Waals surface area contributed by atoms with Gasteiger partial charge in [0.2, 0.25) is 5.91 Å². The number of nitrogens with zero attached hydrogens (tertiary/aromatic N) is 1. The molecule has 0 atom stereocenters. The van der Waals surface area contributed by atoms with Gasteiger partial charge in [0.05, 0.1) is 0 Å². The van der Waals surface area contributed by atoms with E-state index in [0.717, 1.165) is 13.0 Å². The van der Waals surface area contributed by atoms with Crippen molar-refractivity contribution >= 4 is 35.0 Å². The van der Waals surface area contributed by atoms with Gasteiger partial charge in [-0.15, -0.1) is 0 Å². The molecule has 0 radical (unpaired) electrons. The lowest BCUT2D eigenvalue weighted by Crippen LogP contribution is -2.17. The first-order valence-corrected chi connectivity index (χ1v) is 4.85. The summed E-state index contributed by atoms with van der Waals surface area (Å²) in [6.07, 6.45) is 3.28. The zero-order valence-corrected chi connectivity index (χ0v) is 9.09. The predicted octanol–water partition coefficient (Wildman–Crippen LogP) is 1.03. The molecule has 0 bridgehead atoms. The Morgan fingerprint density at radius 3 is 2.29 bits per heavy atom. The Morgan fingerprint density at radius 1 is 1.64 bits per heavy atom. The van der Waals surface area contributed by atoms with Crippen molar-refractivity contribution in [2.75, 3.05) is 6.54 Å². The highest BCUT2D eigenvalue weighted by Crippen LogP contribution is 2.08. The molecule has 0 unspecified atom stereocenters. The fourth-order valence-corrected chi connectivity index (χ4v) is 0.862. The number of nitrogens with two attached hydrogens (primary N) is 1. The molecule has 1 heterocycles. The van der Waals surface area contributed by atoms with Gasteiger partial charge in [0, 0.05) is 13.0 Å². The van der Waals surface area contributed by atoms with Crippen LogP contribution in [-0.4, -0.2) is 28.1 Å². The summed E-state index contributed by atoms with van der Waals surface area (Å²) in [4.78, 5) is 20.9. The monoisotopic (exact) mass is 238 g/mol. The molecule has 0 aromatic rings. The predicted molar refractivity (Wildman–Crippen MR) is 55.8 cm³/mol. The van der Waals surface area contributed by atoms with Crippen molar-refractivity contribution in [3.63, 3.8) is 0 Å². The summed E-state index contributed by atoms with van der Waals surface area (Å²) in [5, 5.41) is 0. The largest absolute Gasteiger partial charge is 0.367 e. The first-order valence-electron chi connectivity index (χ1n) is 3.98. The summed E-state index contributed by atoms with van der Waals surface area (Å²) in [6, 6.07) is 0. The molecule has 6 heteroatoms. The Hall–Kier alpha value is -0.740. The summed E-state index contributed by atoms with van der Waals surface area (Å²) < 4.78 is 0. The molecule has 0 aliphatic carbocycles. The second-order valence-corrected chi connectivity index (χ2v) is 3.67. The molecule has 1 aliphatic rings. The average molecular weight is 239 g/mol. The molecule has 2 N–H and O–H groups in total. The summed E-state index contributed by atoms with van der Waals surface area (Å²) in [6.45, 7) is 4.36. The lowest BCUT2D eigenvalue weighted by Gasteiger charge is -2.05. The van der Waals surface area contributed by atoms with Crippen LogP contribution >= 0.6 is 23.2 Å². The van der Waals surface area contributed by atoms with Crippen LogP contribution in [0.5, 0.6) is 0 Å². The van der Waals surface area contributed by atoms with Crippen LogP contribution in [0.2, 0.25) is 0 Å². The van der Waals surface area contributed by atoms with E-state index in [2.05, 4.69) is 12.3 Å². The molecule has 1 fully saturated rings. The van der Waals surface area contributed by atoms with Gasteiger partial charge in [-0.1, -0.05) is 29.8 Å². The highest BCUT2D eigenvalue weighted by atomic mass is 35.5. The van der Waals surface area contributed by atoms with Crippen molar-refractivity contribution in [1.82, 2.24) is 4.90 Å². The molecule has 1 aliphatic heterocycles. The number of carbonyl (C=O) groups excluding carboxylic acids is 2. The number of hydrogen-bond acceptors (Lipinski definition) is 2. The highest BCUT2D eigenvalue weighted by molar-refractivity contribution is 6.53. The fraction of sp³-hybridized carbons (Fsp3) is 0.500. The van der Waals surface area contributed by atoms with Gasteiger partial charge in [0.25, 0.3) is 5.91 Å². The van der Waals surface area contributed by atoms with Crippen molar-refractivity contribution in [1.29, 1.82) is 0 Å². The van der Waals surface area contributed by atoms with Crippen molar-refractivity contribution in [3.05, 3.63) is 12.8 Å². The van der Waals surface area contributed by atoms with Gasteiger partial charge in [0.1, 0.15) is 0 Å². The summed E-state index contributed by atoms with van der Waals surface area (Å²) in [5.41, 5.74) is 4.53.